The lowest BCUT2D eigenvalue weighted by atomic mass is 10.0. The molecule has 1 heterocycles. The predicted molar refractivity (Wildman–Crippen MR) is 202 cm³/mol. The molecule has 1 aliphatic rings. The first-order valence-electron chi connectivity index (χ1n) is 18.8. The average molecular weight is 637 g/mol. The van der Waals surface area contributed by atoms with Crippen molar-refractivity contribution in [2.24, 2.45) is 5.10 Å². The highest BCUT2D eigenvalue weighted by molar-refractivity contribution is 6.01. The Kier molecular flexibility index (Phi) is 17.1. The average Bonchev–Trinajstić information content (AvgIpc) is 3.55. The van der Waals surface area contributed by atoms with Gasteiger partial charge < -0.3 is 9.47 Å². The summed E-state index contributed by atoms with van der Waals surface area (Å²) in [4.78, 5) is 0. The van der Waals surface area contributed by atoms with Gasteiger partial charge in [-0.1, -0.05) is 152 Å². The lowest BCUT2D eigenvalue weighted by molar-refractivity contribution is 0.304. The number of nitrogens with zero attached hydrogens (tertiary/aromatic N) is 2. The van der Waals surface area contributed by atoms with Crippen LogP contribution < -0.4 is 14.5 Å². The molecule has 0 saturated carbocycles. The molecule has 0 bridgehead atoms. The molecule has 0 saturated heterocycles. The minimum Gasteiger partial charge on any atom is -0.494 e. The predicted octanol–water partition coefficient (Wildman–Crippen LogP) is 12.7. The van der Waals surface area contributed by atoms with Crippen molar-refractivity contribution in [3.8, 4) is 11.5 Å². The van der Waals surface area contributed by atoms with Gasteiger partial charge in [0.25, 0.3) is 0 Å². The van der Waals surface area contributed by atoms with E-state index >= 15 is 0 Å². The molecule has 4 nitrogen and oxygen atoms in total. The number of hydrogen-bond donors (Lipinski definition) is 0. The van der Waals surface area contributed by atoms with E-state index in [0.29, 0.717) is 0 Å². The molecule has 0 aromatic heterocycles. The van der Waals surface area contributed by atoms with Crippen molar-refractivity contribution >= 4 is 17.5 Å². The zero-order valence-corrected chi connectivity index (χ0v) is 29.4. The number of unbranched alkanes of at least 4 members (excludes halogenated alkanes) is 14. The molecule has 3 aromatic rings. The van der Waals surface area contributed by atoms with Crippen LogP contribution in [0.4, 0.5) is 5.69 Å². The lowest BCUT2D eigenvalue weighted by Gasteiger charge is -2.24. The molecule has 0 fully saturated rings. The zero-order chi connectivity index (χ0) is 32.8. The third-order valence-corrected chi connectivity index (χ3v) is 9.10. The molecule has 47 heavy (non-hydrogen) atoms. The maximum absolute atomic E-state index is 6.09. The normalized spacial score (nSPS) is 14.6. The molecular formula is C43H60N2O2. The van der Waals surface area contributed by atoms with Gasteiger partial charge in [-0.2, -0.15) is 5.10 Å². The molecule has 4 heteroatoms. The molecule has 1 atom stereocenters. The Hall–Kier alpha value is -3.53. The number of hydrogen-bond acceptors (Lipinski definition) is 4. The summed E-state index contributed by atoms with van der Waals surface area (Å²) in [6, 6.07) is 27.7. The summed E-state index contributed by atoms with van der Waals surface area (Å²) in [7, 11) is 0. The van der Waals surface area contributed by atoms with Crippen LogP contribution in [0.1, 0.15) is 140 Å². The highest BCUT2D eigenvalue weighted by atomic mass is 16.5. The van der Waals surface area contributed by atoms with Crippen molar-refractivity contribution in [1.29, 1.82) is 0 Å². The molecule has 0 N–H and O–H groups in total. The number of benzene rings is 3. The fourth-order valence-electron chi connectivity index (χ4n) is 6.22. The van der Waals surface area contributed by atoms with Crippen molar-refractivity contribution in [1.82, 2.24) is 0 Å². The number of para-hydroxylation sites is 1. The maximum Gasteiger partial charge on any atom is 0.119 e. The largest absolute Gasteiger partial charge is 0.494 e. The van der Waals surface area contributed by atoms with Crippen LogP contribution in [0.3, 0.4) is 0 Å². The van der Waals surface area contributed by atoms with Crippen LogP contribution in [-0.4, -0.2) is 18.9 Å². The second-order valence-corrected chi connectivity index (χ2v) is 13.1. The standard InChI is InChI=1S/C43H60N2O2/c1-3-5-7-9-11-13-15-20-34-46-41-30-25-37(26-31-41)24-29-39-36-43(45(44-39)40-22-18-17-19-23-40)38-27-32-42(33-28-38)47-35-21-16-14-12-10-8-6-4-2/h17-19,22-33,43H,3-16,20-21,34-36H2,1-2H3. The van der Waals surface area contributed by atoms with Crippen LogP contribution in [0.25, 0.3) is 6.08 Å². The molecular weight excluding hydrogens is 576 g/mol. The van der Waals surface area contributed by atoms with E-state index < -0.39 is 0 Å². The molecule has 0 radical (unpaired) electrons. The molecule has 0 spiro atoms. The van der Waals surface area contributed by atoms with Crippen LogP contribution in [0, 0.1) is 0 Å². The van der Waals surface area contributed by atoms with Gasteiger partial charge in [0, 0.05) is 6.42 Å². The number of allylic oxidation sites excluding steroid dienone is 1. The van der Waals surface area contributed by atoms with E-state index in [2.05, 4.69) is 110 Å². The minimum atomic E-state index is 0.144. The molecule has 0 aliphatic carbocycles. The zero-order valence-electron chi connectivity index (χ0n) is 29.4. The first-order chi connectivity index (χ1) is 23.3. The number of anilines is 1. The van der Waals surface area contributed by atoms with Crippen LogP contribution in [-0.2, 0) is 0 Å². The summed E-state index contributed by atoms with van der Waals surface area (Å²) in [5, 5.41) is 7.23. The van der Waals surface area contributed by atoms with Gasteiger partial charge >= 0.3 is 0 Å². The smallest absolute Gasteiger partial charge is 0.119 e. The lowest BCUT2D eigenvalue weighted by Crippen LogP contribution is -2.18. The van der Waals surface area contributed by atoms with Gasteiger partial charge in [0.05, 0.1) is 30.7 Å². The highest BCUT2D eigenvalue weighted by Gasteiger charge is 2.28. The first-order valence-corrected chi connectivity index (χ1v) is 18.8. The molecule has 254 valence electrons. The van der Waals surface area contributed by atoms with Gasteiger partial charge in [-0.05, 0) is 66.4 Å². The van der Waals surface area contributed by atoms with Crippen LogP contribution >= 0.6 is 0 Å². The van der Waals surface area contributed by atoms with Crippen LogP contribution in [0.2, 0.25) is 0 Å². The van der Waals surface area contributed by atoms with Crippen molar-refractivity contribution in [2.75, 3.05) is 18.2 Å². The van der Waals surface area contributed by atoms with Gasteiger partial charge in [-0.3, -0.25) is 5.01 Å². The minimum absolute atomic E-state index is 0.144. The molecule has 4 rings (SSSR count). The molecule has 3 aromatic carbocycles. The van der Waals surface area contributed by atoms with E-state index in [-0.39, 0.29) is 6.04 Å². The number of ether oxygens (including phenoxy) is 2. The number of rotatable bonds is 24. The Balaban J connectivity index is 1.24. The van der Waals surface area contributed by atoms with E-state index in [4.69, 9.17) is 14.6 Å². The Morgan fingerprint density at radius 3 is 1.60 bits per heavy atom. The molecule has 0 amide bonds. The van der Waals surface area contributed by atoms with Gasteiger partial charge in [0.15, 0.2) is 0 Å². The van der Waals surface area contributed by atoms with Crippen molar-refractivity contribution in [3.05, 3.63) is 96.1 Å². The Bertz CT molecular complexity index is 1280. The molecule has 1 unspecified atom stereocenters. The Labute approximate surface area is 286 Å². The third kappa shape index (κ3) is 13.6. The maximum atomic E-state index is 6.09. The van der Waals surface area contributed by atoms with Crippen LogP contribution in [0.15, 0.2) is 90.0 Å². The van der Waals surface area contributed by atoms with Crippen molar-refractivity contribution in [3.63, 3.8) is 0 Å². The third-order valence-electron chi connectivity index (χ3n) is 9.10. The van der Waals surface area contributed by atoms with E-state index in [1.165, 1.54) is 95.5 Å². The second-order valence-electron chi connectivity index (χ2n) is 13.1. The van der Waals surface area contributed by atoms with Crippen molar-refractivity contribution in [2.45, 2.75) is 129 Å². The molecule has 1 aliphatic heterocycles. The number of hydrazone groups is 1. The Morgan fingerprint density at radius 1 is 0.574 bits per heavy atom. The van der Waals surface area contributed by atoms with Gasteiger partial charge in [0.2, 0.25) is 0 Å². The van der Waals surface area contributed by atoms with Crippen LogP contribution in [0.5, 0.6) is 11.5 Å². The first kappa shape index (κ1) is 36.3. The van der Waals surface area contributed by atoms with E-state index in [9.17, 15) is 0 Å². The van der Waals surface area contributed by atoms with E-state index in [1.807, 2.05) is 0 Å². The fourth-order valence-corrected chi connectivity index (χ4v) is 6.22. The van der Waals surface area contributed by atoms with E-state index in [0.717, 1.165) is 60.9 Å². The monoisotopic (exact) mass is 636 g/mol. The topological polar surface area (TPSA) is 34.1 Å². The Morgan fingerprint density at radius 2 is 1.06 bits per heavy atom. The van der Waals surface area contributed by atoms with Gasteiger partial charge in [-0.25, -0.2) is 0 Å². The second kappa shape index (κ2) is 22.1. The summed E-state index contributed by atoms with van der Waals surface area (Å²) in [6.07, 6.45) is 26.2. The fraction of sp³-hybridized carbons (Fsp3) is 0.512. The highest BCUT2D eigenvalue weighted by Crippen LogP contribution is 2.36. The van der Waals surface area contributed by atoms with Crippen molar-refractivity contribution < 1.29 is 9.47 Å². The van der Waals surface area contributed by atoms with E-state index in [1.54, 1.807) is 0 Å². The summed E-state index contributed by atoms with van der Waals surface area (Å²) >= 11 is 0. The summed E-state index contributed by atoms with van der Waals surface area (Å²) < 4.78 is 12.1. The SMILES string of the molecule is CCCCCCCCCCOc1ccc(C=CC2=NN(c3ccccc3)C(c3ccc(OCCCCCCCCCC)cc3)C2)cc1. The summed E-state index contributed by atoms with van der Waals surface area (Å²) in [6.45, 7) is 6.13. The summed E-state index contributed by atoms with van der Waals surface area (Å²) in [5.41, 5.74) is 4.58. The quantitative estimate of drug-likeness (QED) is 0.0918. The summed E-state index contributed by atoms with van der Waals surface area (Å²) in [5.74, 6) is 1.90. The van der Waals surface area contributed by atoms with Gasteiger partial charge in [-0.15, -0.1) is 0 Å². The van der Waals surface area contributed by atoms with Gasteiger partial charge in [0.1, 0.15) is 11.5 Å².